The number of halogens is 5. The first kappa shape index (κ1) is 29.2. The number of carbonyl (C=O) groups is 1. The van der Waals surface area contributed by atoms with Gasteiger partial charge in [0.1, 0.15) is 11.9 Å². The van der Waals surface area contributed by atoms with Gasteiger partial charge < -0.3 is 16.0 Å². The molecule has 206 valence electrons. The lowest BCUT2D eigenvalue weighted by Gasteiger charge is -2.27. The van der Waals surface area contributed by atoms with E-state index in [-0.39, 0.29) is 49.4 Å². The maximum Gasteiger partial charge on any atom is 0.434 e. The van der Waals surface area contributed by atoms with Crippen LogP contribution in [0.15, 0.2) is 33.5 Å². The number of nitrogens with two attached hydrogens (primary N) is 1. The van der Waals surface area contributed by atoms with Gasteiger partial charge in [0, 0.05) is 49.3 Å². The van der Waals surface area contributed by atoms with Crippen molar-refractivity contribution in [1.82, 2.24) is 4.98 Å². The Morgan fingerprint density at radius 3 is 2.66 bits per heavy atom. The Morgan fingerprint density at radius 2 is 2.03 bits per heavy atom. The third kappa shape index (κ3) is 6.57. The van der Waals surface area contributed by atoms with Crippen LogP contribution in [0.25, 0.3) is 0 Å². The molecule has 1 aliphatic heterocycles. The average Bonchev–Trinajstić information content (AvgIpc) is 3.01. The number of nitrogens with zero attached hydrogens (tertiary/aromatic N) is 4. The molecule has 0 radical (unpaired) electrons. The lowest BCUT2D eigenvalue weighted by atomic mass is 10.00. The van der Waals surface area contributed by atoms with Crippen molar-refractivity contribution in [3.8, 4) is 6.07 Å². The Labute approximate surface area is 217 Å². The predicted molar refractivity (Wildman–Crippen MR) is 133 cm³/mol. The summed E-state index contributed by atoms with van der Waals surface area (Å²) >= 11 is 0. The highest BCUT2D eigenvalue weighted by Gasteiger charge is 2.40. The second-order valence-corrected chi connectivity index (χ2v) is 11.2. The first-order chi connectivity index (χ1) is 17.7. The standard InChI is InChI=1S/C24H27F5N6O2S/c1-15-18(14-31)20(24(27,28)29)34-21(35-11-4-7-23(25,26)8-12-35)19(15)22(36)33-16-5-3-6-17(13-16)38(2,37)32-10-9-30/h3,5-6,13H,4,7-12,30H2,1-2H3,(H,33,36)/t38-/m1/s1. The minimum atomic E-state index is -5.02. The van der Waals surface area contributed by atoms with Gasteiger partial charge >= 0.3 is 6.18 Å². The van der Waals surface area contributed by atoms with Gasteiger partial charge in [0.2, 0.25) is 5.92 Å². The van der Waals surface area contributed by atoms with E-state index in [2.05, 4.69) is 14.7 Å². The van der Waals surface area contributed by atoms with E-state index in [9.17, 15) is 36.2 Å². The van der Waals surface area contributed by atoms with Crippen LogP contribution in [0.1, 0.15) is 46.4 Å². The molecule has 0 aliphatic carbocycles. The first-order valence-electron chi connectivity index (χ1n) is 11.6. The predicted octanol–water partition coefficient (Wildman–Crippen LogP) is 4.57. The summed E-state index contributed by atoms with van der Waals surface area (Å²) in [5.41, 5.74) is 2.64. The molecule has 3 N–H and O–H groups in total. The van der Waals surface area contributed by atoms with Crippen molar-refractivity contribution < 1.29 is 31.0 Å². The molecule has 0 unspecified atom stereocenters. The number of hydrogen-bond acceptors (Lipinski definition) is 7. The number of amides is 1. The van der Waals surface area contributed by atoms with Gasteiger partial charge in [0.15, 0.2) is 5.69 Å². The summed E-state index contributed by atoms with van der Waals surface area (Å²) in [6, 6.07) is 7.41. The van der Waals surface area contributed by atoms with Gasteiger partial charge in [0.05, 0.1) is 27.4 Å². The Bertz CT molecular complexity index is 1380. The topological polar surface area (TPSA) is 124 Å². The molecule has 1 amide bonds. The van der Waals surface area contributed by atoms with Crippen LogP contribution in [0.5, 0.6) is 0 Å². The highest BCUT2D eigenvalue weighted by atomic mass is 32.2. The van der Waals surface area contributed by atoms with Gasteiger partial charge in [-0.1, -0.05) is 6.07 Å². The Hall–Kier alpha value is -3.31. The van der Waals surface area contributed by atoms with E-state index in [1.807, 2.05) is 0 Å². The van der Waals surface area contributed by atoms with Crippen molar-refractivity contribution in [3.05, 3.63) is 46.6 Å². The van der Waals surface area contributed by atoms with Gasteiger partial charge in [-0.05, 0) is 37.1 Å². The number of rotatable bonds is 6. The molecule has 2 heterocycles. The summed E-state index contributed by atoms with van der Waals surface area (Å²) in [6.45, 7) is 1.13. The summed E-state index contributed by atoms with van der Waals surface area (Å²) in [5.74, 6) is -4.34. The molecule has 1 fully saturated rings. The molecule has 0 saturated carbocycles. The van der Waals surface area contributed by atoms with Gasteiger partial charge in [0.25, 0.3) is 5.91 Å². The van der Waals surface area contributed by atoms with Crippen molar-refractivity contribution >= 4 is 27.1 Å². The number of nitrogens with one attached hydrogen (secondary N) is 1. The number of carbonyl (C=O) groups excluding carboxylic acids is 1. The number of alkyl halides is 5. The molecule has 1 aromatic carbocycles. The number of hydrogen-bond donors (Lipinski definition) is 2. The average molecular weight is 559 g/mol. The zero-order valence-corrected chi connectivity index (χ0v) is 21.6. The Kier molecular flexibility index (Phi) is 8.62. The van der Waals surface area contributed by atoms with Crippen LogP contribution >= 0.6 is 0 Å². The van der Waals surface area contributed by atoms with Crippen LogP contribution < -0.4 is 16.0 Å². The van der Waals surface area contributed by atoms with Crippen molar-refractivity contribution in [2.24, 2.45) is 10.1 Å². The molecule has 0 bridgehead atoms. The van der Waals surface area contributed by atoms with Gasteiger partial charge in [-0.3, -0.25) is 4.79 Å². The Balaban J connectivity index is 2.11. The van der Waals surface area contributed by atoms with E-state index in [1.165, 1.54) is 42.3 Å². The molecule has 8 nitrogen and oxygen atoms in total. The monoisotopic (exact) mass is 558 g/mol. The summed E-state index contributed by atoms with van der Waals surface area (Å²) in [5, 5.41) is 12.0. The fraction of sp³-hybridized carbons (Fsp3) is 0.458. The quantitative estimate of drug-likeness (QED) is 0.501. The van der Waals surface area contributed by atoms with E-state index in [1.54, 1.807) is 6.07 Å². The van der Waals surface area contributed by atoms with Crippen LogP contribution in [-0.4, -0.2) is 53.5 Å². The molecule has 1 aromatic heterocycles. The number of nitriles is 1. The molecule has 1 saturated heterocycles. The van der Waals surface area contributed by atoms with Crippen molar-refractivity contribution in [2.45, 2.75) is 43.2 Å². The van der Waals surface area contributed by atoms with E-state index < -0.39 is 57.7 Å². The second-order valence-electron chi connectivity index (χ2n) is 8.89. The van der Waals surface area contributed by atoms with Crippen LogP contribution in [0.2, 0.25) is 0 Å². The molecule has 0 spiro atoms. The zero-order chi connectivity index (χ0) is 28.3. The number of anilines is 2. The highest BCUT2D eigenvalue weighted by Crippen LogP contribution is 2.38. The molecular formula is C24H27F5N6O2S. The number of benzene rings is 1. The third-order valence-corrected chi connectivity index (χ3v) is 7.85. The SMILES string of the molecule is Cc1c(C#N)c(C(F)(F)F)nc(N2CCCC(F)(F)CC2)c1C(=O)Nc1cccc([S@@](C)(=O)=NCCN)c1. The van der Waals surface area contributed by atoms with Crippen LogP contribution in [0, 0.1) is 18.3 Å². The highest BCUT2D eigenvalue weighted by molar-refractivity contribution is 7.93. The van der Waals surface area contributed by atoms with E-state index in [0.717, 1.165) is 0 Å². The molecule has 38 heavy (non-hydrogen) atoms. The van der Waals surface area contributed by atoms with Crippen LogP contribution in [-0.2, 0) is 15.9 Å². The largest absolute Gasteiger partial charge is 0.434 e. The molecular weight excluding hydrogens is 531 g/mol. The zero-order valence-electron chi connectivity index (χ0n) is 20.7. The molecule has 1 atom stereocenters. The van der Waals surface area contributed by atoms with Crippen molar-refractivity contribution in [1.29, 1.82) is 5.26 Å². The number of aromatic nitrogens is 1. The number of pyridine rings is 1. The minimum absolute atomic E-state index is 0.0324. The minimum Gasteiger partial charge on any atom is -0.356 e. The van der Waals surface area contributed by atoms with Gasteiger partial charge in [-0.15, -0.1) is 0 Å². The van der Waals surface area contributed by atoms with E-state index in [4.69, 9.17) is 5.73 Å². The Morgan fingerprint density at radius 1 is 1.32 bits per heavy atom. The van der Waals surface area contributed by atoms with Gasteiger partial charge in [-0.2, -0.15) is 18.4 Å². The van der Waals surface area contributed by atoms with Crippen molar-refractivity contribution in [2.75, 3.05) is 42.7 Å². The second kappa shape index (κ2) is 11.2. The van der Waals surface area contributed by atoms with Crippen LogP contribution in [0.4, 0.5) is 33.5 Å². The molecule has 2 aromatic rings. The maximum absolute atomic E-state index is 14.0. The smallest absolute Gasteiger partial charge is 0.356 e. The molecule has 14 heteroatoms. The molecule has 3 rings (SSSR count). The third-order valence-electron chi connectivity index (χ3n) is 6.05. The van der Waals surface area contributed by atoms with Crippen molar-refractivity contribution in [3.63, 3.8) is 0 Å². The summed E-state index contributed by atoms with van der Waals surface area (Å²) in [7, 11) is -2.84. The van der Waals surface area contributed by atoms with E-state index in [0.29, 0.717) is 4.90 Å². The normalized spacial score (nSPS) is 17.2. The van der Waals surface area contributed by atoms with Crippen LogP contribution in [0.3, 0.4) is 0 Å². The lowest BCUT2D eigenvalue weighted by Crippen LogP contribution is -2.31. The maximum atomic E-state index is 14.0. The summed E-state index contributed by atoms with van der Waals surface area (Å²) in [4.78, 5) is 18.6. The fourth-order valence-electron chi connectivity index (χ4n) is 4.11. The first-order valence-corrected chi connectivity index (χ1v) is 13.6. The van der Waals surface area contributed by atoms with Gasteiger partial charge in [-0.25, -0.2) is 22.3 Å². The lowest BCUT2D eigenvalue weighted by molar-refractivity contribution is -0.141. The molecule has 1 aliphatic rings. The van der Waals surface area contributed by atoms with E-state index >= 15 is 0 Å². The summed E-state index contributed by atoms with van der Waals surface area (Å²) in [6.07, 6.45) is -4.73. The summed E-state index contributed by atoms with van der Waals surface area (Å²) < 4.78 is 86.3. The fourth-order valence-corrected chi connectivity index (χ4v) is 5.39.